The van der Waals surface area contributed by atoms with Crippen LogP contribution in [-0.2, 0) is 11.4 Å². The molecule has 1 aliphatic heterocycles. The highest BCUT2D eigenvalue weighted by molar-refractivity contribution is 6.15. The average molecular weight is 496 g/mol. The van der Waals surface area contributed by atoms with Crippen molar-refractivity contribution in [2.45, 2.75) is 19.1 Å². The second-order valence-corrected chi connectivity index (χ2v) is 8.69. The fourth-order valence-electron chi connectivity index (χ4n) is 4.29. The molecule has 0 radical (unpaired) electrons. The molecule has 1 fully saturated rings. The third kappa shape index (κ3) is 5.33. The largest absolute Gasteiger partial charge is 0.489 e. The molecule has 1 heterocycles. The van der Waals surface area contributed by atoms with Crippen LogP contribution >= 0.6 is 0 Å². The number of β-lactam (4-membered cyclic amide) rings is 1. The lowest BCUT2D eigenvalue weighted by atomic mass is 9.86. The van der Waals surface area contributed by atoms with Gasteiger partial charge in [-0.05, 0) is 71.8 Å². The molecule has 4 nitrogen and oxygen atoms in total. The van der Waals surface area contributed by atoms with Crippen molar-refractivity contribution in [2.24, 2.45) is 0 Å². The van der Waals surface area contributed by atoms with Gasteiger partial charge in [-0.1, -0.05) is 48.5 Å². The van der Waals surface area contributed by atoms with Crippen LogP contribution in [-0.4, -0.2) is 11.7 Å². The molecule has 0 aliphatic carbocycles. The van der Waals surface area contributed by atoms with E-state index in [9.17, 15) is 18.4 Å². The first-order valence-corrected chi connectivity index (χ1v) is 11.8. The Morgan fingerprint density at radius 3 is 2.08 bits per heavy atom. The highest BCUT2D eigenvalue weighted by Gasteiger charge is 2.43. The van der Waals surface area contributed by atoms with Crippen LogP contribution in [0.2, 0.25) is 0 Å². The van der Waals surface area contributed by atoms with Gasteiger partial charge in [-0.15, -0.1) is 0 Å². The Balaban J connectivity index is 1.38. The van der Waals surface area contributed by atoms with E-state index in [1.54, 1.807) is 23.1 Å². The number of halogens is 2. The number of benzene rings is 4. The first kappa shape index (κ1) is 24.1. The smallest absolute Gasteiger partial charge is 0.257 e. The SMILES string of the molecule is O=C(C/C=C1\C(=O)N(c2ccc(F)cc2)[C@@H]1c1ccc(OCc2ccccc2)cc1)c1ccc(F)cc1. The van der Waals surface area contributed by atoms with Crippen LogP contribution in [0, 0.1) is 11.6 Å². The molecule has 6 heteroatoms. The third-order valence-corrected chi connectivity index (χ3v) is 6.24. The normalized spacial score (nSPS) is 15.9. The van der Waals surface area contributed by atoms with Crippen LogP contribution in [0.25, 0.3) is 0 Å². The molecule has 0 bridgehead atoms. The molecule has 0 N–H and O–H groups in total. The van der Waals surface area contributed by atoms with Crippen molar-refractivity contribution in [1.29, 1.82) is 0 Å². The van der Waals surface area contributed by atoms with Crippen molar-refractivity contribution < 1.29 is 23.1 Å². The zero-order chi connectivity index (χ0) is 25.8. The number of anilines is 1. The number of hydrogen-bond donors (Lipinski definition) is 0. The predicted molar refractivity (Wildman–Crippen MR) is 137 cm³/mol. The van der Waals surface area contributed by atoms with Crippen LogP contribution in [0.5, 0.6) is 5.75 Å². The van der Waals surface area contributed by atoms with Gasteiger partial charge >= 0.3 is 0 Å². The van der Waals surface area contributed by atoms with Crippen molar-refractivity contribution in [2.75, 3.05) is 4.90 Å². The fraction of sp³-hybridized carbons (Fsp3) is 0.0968. The van der Waals surface area contributed by atoms with E-state index in [0.29, 0.717) is 29.2 Å². The van der Waals surface area contributed by atoms with Crippen molar-refractivity contribution in [3.8, 4) is 5.75 Å². The third-order valence-electron chi connectivity index (χ3n) is 6.24. The number of allylic oxidation sites excluding steroid dienone is 1. The van der Waals surface area contributed by atoms with Crippen LogP contribution in [0.4, 0.5) is 14.5 Å². The topological polar surface area (TPSA) is 46.6 Å². The summed E-state index contributed by atoms with van der Waals surface area (Å²) in [6.07, 6.45) is 1.62. The van der Waals surface area contributed by atoms with Gasteiger partial charge in [0.1, 0.15) is 24.0 Å². The van der Waals surface area contributed by atoms with Gasteiger partial charge in [-0.3, -0.25) is 14.5 Å². The number of amides is 1. The van der Waals surface area contributed by atoms with E-state index >= 15 is 0 Å². The number of rotatable bonds is 8. The molecule has 1 amide bonds. The Bertz CT molecular complexity index is 1430. The van der Waals surface area contributed by atoms with Crippen LogP contribution in [0.15, 0.2) is 115 Å². The number of nitrogens with zero attached hydrogens (tertiary/aromatic N) is 1. The molecular formula is C31H23F2NO3. The van der Waals surface area contributed by atoms with Gasteiger partial charge in [0.15, 0.2) is 5.78 Å². The van der Waals surface area contributed by atoms with Gasteiger partial charge in [0.05, 0.1) is 6.04 Å². The molecule has 184 valence electrons. The number of ketones is 1. The van der Waals surface area contributed by atoms with Crippen LogP contribution in [0.3, 0.4) is 0 Å². The molecule has 4 aromatic carbocycles. The van der Waals surface area contributed by atoms with Gasteiger partial charge < -0.3 is 4.74 Å². The fourth-order valence-corrected chi connectivity index (χ4v) is 4.29. The van der Waals surface area contributed by atoms with Crippen molar-refractivity contribution in [3.63, 3.8) is 0 Å². The maximum atomic E-state index is 13.5. The number of carbonyl (C=O) groups excluding carboxylic acids is 2. The second kappa shape index (κ2) is 10.6. The molecule has 1 aliphatic rings. The maximum absolute atomic E-state index is 13.5. The zero-order valence-corrected chi connectivity index (χ0v) is 19.8. The standard InChI is InChI=1S/C31H23F2NO3/c32-24-10-6-22(7-11-24)29(35)19-18-28-30(34(31(28)36)26-14-12-25(33)13-15-26)23-8-16-27(17-9-23)37-20-21-4-2-1-3-5-21/h1-18,30H,19-20H2/b28-18-/t30-/m1/s1. The minimum absolute atomic E-state index is 0.00126. The number of Topliss-reactive ketones (excluding diaryl/α,β-unsaturated/α-hetero) is 1. The van der Waals surface area contributed by atoms with E-state index in [1.807, 2.05) is 54.6 Å². The number of carbonyl (C=O) groups is 2. The van der Waals surface area contributed by atoms with E-state index in [1.165, 1.54) is 36.4 Å². The molecule has 0 saturated carbocycles. The van der Waals surface area contributed by atoms with Crippen molar-refractivity contribution >= 4 is 17.4 Å². The van der Waals surface area contributed by atoms with E-state index < -0.39 is 17.7 Å². The molecule has 1 saturated heterocycles. The lowest BCUT2D eigenvalue weighted by molar-refractivity contribution is -0.119. The lowest BCUT2D eigenvalue weighted by Gasteiger charge is -2.43. The Morgan fingerprint density at radius 1 is 0.811 bits per heavy atom. The van der Waals surface area contributed by atoms with Crippen molar-refractivity contribution in [1.82, 2.24) is 0 Å². The number of hydrogen-bond acceptors (Lipinski definition) is 3. The molecule has 37 heavy (non-hydrogen) atoms. The van der Waals surface area contributed by atoms with Crippen molar-refractivity contribution in [3.05, 3.63) is 143 Å². The Morgan fingerprint density at radius 2 is 1.43 bits per heavy atom. The minimum atomic E-state index is -0.442. The Labute approximate surface area is 213 Å². The van der Waals surface area contributed by atoms with Gasteiger partial charge in [0.25, 0.3) is 5.91 Å². The van der Waals surface area contributed by atoms with E-state index in [-0.39, 0.29) is 18.1 Å². The summed E-state index contributed by atoms with van der Waals surface area (Å²) in [7, 11) is 0. The molecule has 1 atom stereocenters. The molecule has 4 aromatic rings. The first-order valence-electron chi connectivity index (χ1n) is 11.8. The summed E-state index contributed by atoms with van der Waals surface area (Å²) < 4.78 is 32.6. The van der Waals surface area contributed by atoms with E-state index in [2.05, 4.69) is 0 Å². The summed E-state index contributed by atoms with van der Waals surface area (Å²) in [6.45, 7) is 0.431. The summed E-state index contributed by atoms with van der Waals surface area (Å²) in [5.74, 6) is -0.607. The summed E-state index contributed by atoms with van der Waals surface area (Å²) in [5.41, 5.74) is 3.28. The zero-order valence-electron chi connectivity index (χ0n) is 19.8. The van der Waals surface area contributed by atoms with Gasteiger partial charge in [0.2, 0.25) is 0 Å². The summed E-state index contributed by atoms with van der Waals surface area (Å²) >= 11 is 0. The second-order valence-electron chi connectivity index (χ2n) is 8.69. The van der Waals surface area contributed by atoms with Gasteiger partial charge in [-0.25, -0.2) is 8.78 Å². The summed E-state index contributed by atoms with van der Waals surface area (Å²) in [5, 5.41) is 0. The maximum Gasteiger partial charge on any atom is 0.257 e. The Kier molecular flexibility index (Phi) is 6.90. The summed E-state index contributed by atoms with van der Waals surface area (Å²) in [4.78, 5) is 27.3. The minimum Gasteiger partial charge on any atom is -0.489 e. The number of ether oxygens (including phenoxy) is 1. The molecular weight excluding hydrogens is 472 g/mol. The van der Waals surface area contributed by atoms with E-state index in [4.69, 9.17) is 4.74 Å². The average Bonchev–Trinajstić information content (AvgIpc) is 2.93. The highest BCUT2D eigenvalue weighted by Crippen LogP contribution is 2.43. The van der Waals surface area contributed by atoms with Crippen LogP contribution < -0.4 is 9.64 Å². The molecule has 5 rings (SSSR count). The lowest BCUT2D eigenvalue weighted by Crippen LogP contribution is -2.49. The van der Waals surface area contributed by atoms with Gasteiger partial charge in [0, 0.05) is 23.2 Å². The van der Waals surface area contributed by atoms with E-state index in [0.717, 1.165) is 11.1 Å². The quantitative estimate of drug-likeness (QED) is 0.153. The van der Waals surface area contributed by atoms with Gasteiger partial charge in [-0.2, -0.15) is 0 Å². The Hall–Kier alpha value is -4.58. The predicted octanol–water partition coefficient (Wildman–Crippen LogP) is 6.83. The molecule has 0 aromatic heterocycles. The molecule has 0 unspecified atom stereocenters. The summed E-state index contributed by atoms with van der Waals surface area (Å²) in [6, 6.07) is 27.8. The monoisotopic (exact) mass is 495 g/mol. The first-order chi connectivity index (χ1) is 18.0. The molecule has 0 spiro atoms. The highest BCUT2D eigenvalue weighted by atomic mass is 19.1. The van der Waals surface area contributed by atoms with Crippen LogP contribution in [0.1, 0.15) is 33.9 Å².